The second kappa shape index (κ2) is 9.98. The van der Waals surface area contributed by atoms with E-state index >= 15 is 0 Å². The van der Waals surface area contributed by atoms with Gasteiger partial charge in [0.05, 0.1) is 12.2 Å². The van der Waals surface area contributed by atoms with Gasteiger partial charge in [-0.1, -0.05) is 61.4 Å². The van der Waals surface area contributed by atoms with Gasteiger partial charge < -0.3 is 9.64 Å². The van der Waals surface area contributed by atoms with Crippen molar-refractivity contribution in [1.29, 1.82) is 0 Å². The Balaban J connectivity index is 1.56. The number of aryl methyl sites for hydroxylation is 1. The van der Waals surface area contributed by atoms with Crippen molar-refractivity contribution in [3.8, 4) is 0 Å². The molecule has 33 heavy (non-hydrogen) atoms. The number of Topliss-reactive ketones (excluding diaryl/α,β-unsaturated/α-hetero) is 1. The number of hydrogen-bond donors (Lipinski definition) is 1. The molecule has 2 amide bonds. The van der Waals surface area contributed by atoms with Gasteiger partial charge in [0.2, 0.25) is 6.17 Å². The number of ether oxygens (including phenoxy) is 1. The van der Waals surface area contributed by atoms with Crippen LogP contribution in [-0.2, 0) is 20.9 Å². The number of anilines is 1. The van der Waals surface area contributed by atoms with E-state index in [1.165, 1.54) is 4.90 Å². The van der Waals surface area contributed by atoms with E-state index in [0.717, 1.165) is 42.4 Å². The van der Waals surface area contributed by atoms with Crippen LogP contribution in [0.15, 0.2) is 53.5 Å². The van der Waals surface area contributed by atoms with E-state index in [9.17, 15) is 14.4 Å². The molecule has 1 heterocycles. The van der Waals surface area contributed by atoms with Crippen molar-refractivity contribution in [2.24, 2.45) is 10.9 Å². The second-order valence-corrected chi connectivity index (χ2v) is 8.67. The van der Waals surface area contributed by atoms with Gasteiger partial charge in [-0.05, 0) is 37.8 Å². The Bertz CT molecular complexity index is 1070. The number of nitrogens with zero attached hydrogens (tertiary/aromatic N) is 2. The number of alkyl carbamates (subject to hydrolysis) is 1. The molecule has 0 bridgehead atoms. The lowest BCUT2D eigenvalue weighted by molar-refractivity contribution is -0.125. The molecule has 0 saturated heterocycles. The first-order valence-corrected chi connectivity index (χ1v) is 11.4. The summed E-state index contributed by atoms with van der Waals surface area (Å²) >= 11 is 0. The smallest absolute Gasteiger partial charge is 0.409 e. The molecule has 0 aromatic heterocycles. The molecule has 1 saturated carbocycles. The standard InChI is InChI=1S/C26H29N3O4/c1-17-9-8-14-21-18(2)27-24(28-26(32)33-16-19-10-4-3-5-11-19)25(31)29(23(17)21)15-22(30)20-12-6-7-13-20/h3-5,8-11,14,20,24H,6-7,12-13,15-16H2,1-2H3,(H,28,32). The molecule has 2 aromatic rings. The van der Waals surface area contributed by atoms with Crippen molar-refractivity contribution >= 4 is 29.2 Å². The monoisotopic (exact) mass is 447 g/mol. The minimum absolute atomic E-state index is 0.0159. The van der Waals surface area contributed by atoms with Crippen LogP contribution >= 0.6 is 0 Å². The summed E-state index contributed by atoms with van der Waals surface area (Å²) in [6, 6.07) is 15.0. The van der Waals surface area contributed by atoms with Crippen molar-refractivity contribution in [2.45, 2.75) is 52.3 Å². The number of benzodiazepines with no additional fused rings is 1. The number of nitrogens with one attached hydrogen (secondary N) is 1. The van der Waals surface area contributed by atoms with Crippen LogP contribution in [0.2, 0.25) is 0 Å². The summed E-state index contributed by atoms with van der Waals surface area (Å²) in [5, 5.41) is 2.59. The van der Waals surface area contributed by atoms with Gasteiger partial charge in [-0.3, -0.25) is 19.9 Å². The molecule has 1 fully saturated rings. The molecule has 7 heteroatoms. The van der Waals surface area contributed by atoms with Crippen LogP contribution in [0, 0.1) is 12.8 Å². The molecule has 1 N–H and O–H groups in total. The van der Waals surface area contributed by atoms with Crippen LogP contribution < -0.4 is 10.2 Å². The van der Waals surface area contributed by atoms with Crippen molar-refractivity contribution < 1.29 is 19.1 Å². The zero-order chi connectivity index (χ0) is 23.4. The minimum Gasteiger partial charge on any atom is -0.445 e. The highest BCUT2D eigenvalue weighted by atomic mass is 16.5. The van der Waals surface area contributed by atoms with E-state index in [2.05, 4.69) is 10.3 Å². The van der Waals surface area contributed by atoms with Gasteiger partial charge in [0.25, 0.3) is 5.91 Å². The van der Waals surface area contributed by atoms with Gasteiger partial charge in [-0.2, -0.15) is 0 Å². The molecule has 1 aliphatic heterocycles. The Morgan fingerprint density at radius 3 is 2.52 bits per heavy atom. The number of amides is 2. The number of para-hydroxylation sites is 1. The Labute approximate surface area is 193 Å². The summed E-state index contributed by atoms with van der Waals surface area (Å²) in [5.41, 5.74) is 3.79. The average Bonchev–Trinajstić information content (AvgIpc) is 3.33. The molecule has 2 aliphatic rings. The van der Waals surface area contributed by atoms with Crippen LogP contribution in [0.1, 0.15) is 49.3 Å². The zero-order valence-electron chi connectivity index (χ0n) is 19.0. The molecule has 1 unspecified atom stereocenters. The van der Waals surface area contributed by atoms with E-state index in [4.69, 9.17) is 4.74 Å². The van der Waals surface area contributed by atoms with Crippen LogP contribution in [0.3, 0.4) is 0 Å². The third-order valence-corrected chi connectivity index (χ3v) is 6.31. The molecular weight excluding hydrogens is 418 g/mol. The maximum absolute atomic E-state index is 13.6. The van der Waals surface area contributed by atoms with Gasteiger partial charge in [0.1, 0.15) is 6.61 Å². The number of benzene rings is 2. The number of hydrogen-bond acceptors (Lipinski definition) is 5. The van der Waals surface area contributed by atoms with E-state index in [0.29, 0.717) is 11.4 Å². The third kappa shape index (κ3) is 5.13. The summed E-state index contributed by atoms with van der Waals surface area (Å²) in [5.74, 6) is -0.400. The number of carbonyl (C=O) groups is 3. The Hall–Kier alpha value is -3.48. The summed E-state index contributed by atoms with van der Waals surface area (Å²) < 4.78 is 5.30. The summed E-state index contributed by atoms with van der Waals surface area (Å²) in [6.45, 7) is 3.77. The summed E-state index contributed by atoms with van der Waals surface area (Å²) in [6.07, 6.45) is 1.91. The van der Waals surface area contributed by atoms with Crippen LogP contribution in [0.5, 0.6) is 0 Å². The van der Waals surface area contributed by atoms with Crippen LogP contribution in [-0.4, -0.2) is 36.2 Å². The predicted molar refractivity (Wildman–Crippen MR) is 126 cm³/mol. The fourth-order valence-electron chi connectivity index (χ4n) is 4.55. The predicted octanol–water partition coefficient (Wildman–Crippen LogP) is 4.16. The van der Waals surface area contributed by atoms with Gasteiger partial charge in [0.15, 0.2) is 5.78 Å². The summed E-state index contributed by atoms with van der Waals surface area (Å²) in [7, 11) is 0. The third-order valence-electron chi connectivity index (χ3n) is 6.31. The lowest BCUT2D eigenvalue weighted by Crippen LogP contribution is -2.49. The van der Waals surface area contributed by atoms with E-state index in [1.807, 2.05) is 55.5 Å². The quantitative estimate of drug-likeness (QED) is 0.720. The SMILES string of the molecule is CC1=NC(NC(=O)OCc2ccccc2)C(=O)N(CC(=O)C2CCCC2)c2c(C)cccc21. The van der Waals surface area contributed by atoms with E-state index in [1.54, 1.807) is 6.92 Å². The van der Waals surface area contributed by atoms with Gasteiger partial charge in [-0.15, -0.1) is 0 Å². The lowest BCUT2D eigenvalue weighted by Gasteiger charge is -2.27. The minimum atomic E-state index is -1.17. The Kier molecular flexibility index (Phi) is 6.87. The van der Waals surface area contributed by atoms with E-state index < -0.39 is 18.2 Å². The fraction of sp³-hybridized carbons (Fsp3) is 0.385. The van der Waals surface area contributed by atoms with Crippen molar-refractivity contribution in [2.75, 3.05) is 11.4 Å². The molecular formula is C26H29N3O4. The molecule has 4 rings (SSSR count). The highest BCUT2D eigenvalue weighted by Crippen LogP contribution is 2.31. The molecule has 1 atom stereocenters. The average molecular weight is 448 g/mol. The number of carbonyl (C=O) groups excluding carboxylic acids is 3. The molecule has 7 nitrogen and oxygen atoms in total. The first-order valence-electron chi connectivity index (χ1n) is 11.4. The van der Waals surface area contributed by atoms with Crippen LogP contribution in [0.25, 0.3) is 0 Å². The van der Waals surface area contributed by atoms with Gasteiger partial charge in [-0.25, -0.2) is 4.79 Å². The van der Waals surface area contributed by atoms with E-state index in [-0.39, 0.29) is 24.9 Å². The zero-order valence-corrected chi connectivity index (χ0v) is 19.0. The van der Waals surface area contributed by atoms with Gasteiger partial charge in [0, 0.05) is 17.2 Å². The highest BCUT2D eigenvalue weighted by molar-refractivity contribution is 6.14. The number of rotatable bonds is 6. The normalized spacial score (nSPS) is 18.4. The van der Waals surface area contributed by atoms with Crippen molar-refractivity contribution in [1.82, 2.24) is 5.32 Å². The molecule has 1 aliphatic carbocycles. The van der Waals surface area contributed by atoms with Crippen molar-refractivity contribution in [3.63, 3.8) is 0 Å². The number of fused-ring (bicyclic) bond motifs is 1. The molecule has 2 aromatic carbocycles. The maximum Gasteiger partial charge on any atom is 0.409 e. The molecule has 0 spiro atoms. The number of ketones is 1. The number of aliphatic imine (C=N–C) groups is 1. The van der Waals surface area contributed by atoms with Crippen LogP contribution in [0.4, 0.5) is 10.5 Å². The fourth-order valence-corrected chi connectivity index (χ4v) is 4.55. The highest BCUT2D eigenvalue weighted by Gasteiger charge is 2.35. The molecule has 172 valence electrons. The topological polar surface area (TPSA) is 88.1 Å². The first-order chi connectivity index (χ1) is 15.9. The largest absolute Gasteiger partial charge is 0.445 e. The molecule has 0 radical (unpaired) electrons. The first kappa shape index (κ1) is 22.7. The summed E-state index contributed by atoms with van der Waals surface area (Å²) in [4.78, 5) is 45.1. The van der Waals surface area contributed by atoms with Gasteiger partial charge >= 0.3 is 6.09 Å². The Morgan fingerprint density at radius 2 is 1.79 bits per heavy atom. The van der Waals surface area contributed by atoms with Crippen molar-refractivity contribution in [3.05, 3.63) is 65.2 Å². The Morgan fingerprint density at radius 1 is 1.06 bits per heavy atom. The maximum atomic E-state index is 13.6. The lowest BCUT2D eigenvalue weighted by atomic mass is 10.00. The second-order valence-electron chi connectivity index (χ2n) is 8.67.